The van der Waals surface area contributed by atoms with Gasteiger partial charge in [-0.2, -0.15) is 0 Å². The summed E-state index contributed by atoms with van der Waals surface area (Å²) in [6, 6.07) is 0. The van der Waals surface area contributed by atoms with Crippen LogP contribution < -0.4 is 0 Å². The molecule has 0 aromatic heterocycles. The third kappa shape index (κ3) is 2.23. The van der Waals surface area contributed by atoms with Crippen molar-refractivity contribution in [3.8, 4) is 0 Å². The van der Waals surface area contributed by atoms with E-state index in [-0.39, 0.29) is 0 Å². The largest absolute Gasteiger partial charge is 0.469 e. The summed E-state index contributed by atoms with van der Waals surface area (Å²) >= 11 is 0. The predicted molar refractivity (Wildman–Crippen MR) is 46.5 cm³/mol. The van der Waals surface area contributed by atoms with Crippen LogP contribution in [0, 0.1) is 5.92 Å². The normalized spacial score (nSPS) is 26.7. The van der Waals surface area contributed by atoms with E-state index in [2.05, 4.69) is 9.47 Å². The minimum atomic E-state index is -0.804. The molecule has 0 aromatic carbocycles. The molecule has 0 amide bonds. The van der Waals surface area contributed by atoms with E-state index in [1.807, 2.05) is 0 Å². The van der Waals surface area contributed by atoms with Crippen LogP contribution in [-0.2, 0) is 23.8 Å². The Hall–Kier alpha value is -1.10. The maximum absolute atomic E-state index is 11.3. The lowest BCUT2D eigenvalue weighted by molar-refractivity contribution is -0.172. The number of esters is 2. The number of rotatable bonds is 2. The average molecular weight is 202 g/mol. The summed E-state index contributed by atoms with van der Waals surface area (Å²) in [6.45, 7) is 0.479. The van der Waals surface area contributed by atoms with Gasteiger partial charge in [-0.15, -0.1) is 0 Å². The van der Waals surface area contributed by atoms with Crippen molar-refractivity contribution in [3.63, 3.8) is 0 Å². The van der Waals surface area contributed by atoms with E-state index in [9.17, 15) is 9.59 Å². The van der Waals surface area contributed by atoms with Crippen molar-refractivity contribution in [1.29, 1.82) is 0 Å². The van der Waals surface area contributed by atoms with Crippen LogP contribution in [0.3, 0.4) is 0 Å². The van der Waals surface area contributed by atoms with Gasteiger partial charge in [-0.05, 0) is 12.8 Å². The van der Waals surface area contributed by atoms with Crippen LogP contribution in [0.2, 0.25) is 0 Å². The molecule has 0 bridgehead atoms. The number of carbonyl (C=O) groups excluding carboxylic acids is 2. The van der Waals surface area contributed by atoms with Crippen molar-refractivity contribution in [2.45, 2.75) is 18.9 Å². The van der Waals surface area contributed by atoms with Gasteiger partial charge >= 0.3 is 11.9 Å². The van der Waals surface area contributed by atoms with E-state index in [4.69, 9.17) is 4.74 Å². The molecule has 1 heterocycles. The monoisotopic (exact) mass is 202 g/mol. The molecule has 0 aliphatic carbocycles. The molecule has 14 heavy (non-hydrogen) atoms. The van der Waals surface area contributed by atoms with Gasteiger partial charge in [0.15, 0.2) is 6.10 Å². The lowest BCUT2D eigenvalue weighted by atomic mass is 9.94. The maximum atomic E-state index is 11.3. The Morgan fingerprint density at radius 1 is 1.21 bits per heavy atom. The highest BCUT2D eigenvalue weighted by Gasteiger charge is 2.38. The molecule has 0 N–H and O–H groups in total. The van der Waals surface area contributed by atoms with Crippen LogP contribution in [0.1, 0.15) is 12.8 Å². The first-order chi connectivity index (χ1) is 6.70. The second-order valence-corrected chi connectivity index (χ2v) is 3.09. The van der Waals surface area contributed by atoms with E-state index >= 15 is 0 Å². The lowest BCUT2D eigenvalue weighted by Gasteiger charge is -2.27. The third-order valence-corrected chi connectivity index (χ3v) is 2.26. The fourth-order valence-electron chi connectivity index (χ4n) is 1.52. The van der Waals surface area contributed by atoms with E-state index in [0.717, 1.165) is 6.42 Å². The maximum Gasteiger partial charge on any atom is 0.335 e. The molecule has 1 fully saturated rings. The van der Waals surface area contributed by atoms with Gasteiger partial charge in [0.2, 0.25) is 0 Å². The molecule has 0 aromatic rings. The minimum Gasteiger partial charge on any atom is -0.469 e. The zero-order valence-corrected chi connectivity index (χ0v) is 8.32. The van der Waals surface area contributed by atoms with Gasteiger partial charge in [-0.1, -0.05) is 0 Å². The van der Waals surface area contributed by atoms with Crippen molar-refractivity contribution >= 4 is 11.9 Å². The minimum absolute atomic E-state index is 0.417. The van der Waals surface area contributed by atoms with Crippen LogP contribution in [0.25, 0.3) is 0 Å². The van der Waals surface area contributed by atoms with Crippen molar-refractivity contribution in [3.05, 3.63) is 0 Å². The van der Waals surface area contributed by atoms with Crippen LogP contribution in [0.5, 0.6) is 0 Å². The quantitative estimate of drug-likeness (QED) is 0.595. The molecule has 1 unspecified atom stereocenters. The van der Waals surface area contributed by atoms with Crippen LogP contribution in [0.4, 0.5) is 0 Å². The molecule has 0 spiro atoms. The van der Waals surface area contributed by atoms with Gasteiger partial charge in [-0.3, -0.25) is 4.79 Å². The predicted octanol–water partition coefficient (Wildman–Crippen LogP) is 0.128. The Balaban J connectivity index is 2.68. The second-order valence-electron chi connectivity index (χ2n) is 3.09. The van der Waals surface area contributed by atoms with Gasteiger partial charge in [0.05, 0.1) is 20.1 Å². The average Bonchev–Trinajstić information content (AvgIpc) is 2.27. The van der Waals surface area contributed by atoms with Gasteiger partial charge in [-0.25, -0.2) is 4.79 Å². The highest BCUT2D eigenvalue weighted by molar-refractivity contribution is 5.83. The zero-order chi connectivity index (χ0) is 10.6. The van der Waals surface area contributed by atoms with Crippen LogP contribution >= 0.6 is 0 Å². The zero-order valence-electron chi connectivity index (χ0n) is 8.32. The number of hydrogen-bond donors (Lipinski definition) is 0. The first-order valence-electron chi connectivity index (χ1n) is 4.48. The molecule has 0 saturated carbocycles. The molecular formula is C9H14O5. The highest BCUT2D eigenvalue weighted by Crippen LogP contribution is 2.22. The van der Waals surface area contributed by atoms with E-state index in [0.29, 0.717) is 13.0 Å². The van der Waals surface area contributed by atoms with E-state index < -0.39 is 24.0 Å². The van der Waals surface area contributed by atoms with Gasteiger partial charge in [0, 0.05) is 6.61 Å². The number of methoxy groups -OCH3 is 2. The van der Waals surface area contributed by atoms with Crippen molar-refractivity contribution in [2.75, 3.05) is 20.8 Å². The van der Waals surface area contributed by atoms with Crippen molar-refractivity contribution in [2.24, 2.45) is 5.92 Å². The van der Waals surface area contributed by atoms with Gasteiger partial charge < -0.3 is 14.2 Å². The Morgan fingerprint density at radius 3 is 2.43 bits per heavy atom. The second kappa shape index (κ2) is 4.95. The first kappa shape index (κ1) is 11.0. The fraction of sp³-hybridized carbons (Fsp3) is 0.778. The number of hydrogen-bond acceptors (Lipinski definition) is 5. The molecule has 2 atom stereocenters. The summed E-state index contributed by atoms with van der Waals surface area (Å²) in [6.07, 6.45) is 0.556. The number of carbonyl (C=O) groups is 2. The highest BCUT2D eigenvalue weighted by atomic mass is 16.6. The first-order valence-corrected chi connectivity index (χ1v) is 4.48. The Labute approximate surface area is 82.3 Å². The SMILES string of the molecule is COC(=O)C1CCCO[C@H]1C(=O)OC. The Morgan fingerprint density at radius 2 is 1.86 bits per heavy atom. The molecule has 5 nitrogen and oxygen atoms in total. The summed E-state index contributed by atoms with van der Waals surface area (Å²) in [7, 11) is 2.57. The van der Waals surface area contributed by atoms with Crippen LogP contribution in [-0.4, -0.2) is 38.9 Å². The van der Waals surface area contributed by atoms with Gasteiger partial charge in [0.25, 0.3) is 0 Å². The van der Waals surface area contributed by atoms with Gasteiger partial charge in [0.1, 0.15) is 0 Å². The molecule has 1 aliphatic heterocycles. The number of ether oxygens (including phenoxy) is 3. The summed E-state index contributed by atoms with van der Waals surface area (Å²) < 4.78 is 14.3. The standard InChI is InChI=1S/C9H14O5/c1-12-8(10)6-4-3-5-14-7(6)9(11)13-2/h6-7H,3-5H2,1-2H3/t6?,7-/m1/s1. The van der Waals surface area contributed by atoms with E-state index in [1.165, 1.54) is 14.2 Å². The molecule has 1 saturated heterocycles. The molecule has 1 aliphatic rings. The summed E-state index contributed by atoms with van der Waals surface area (Å²) in [5, 5.41) is 0. The summed E-state index contributed by atoms with van der Waals surface area (Å²) in [5.74, 6) is -1.46. The third-order valence-electron chi connectivity index (χ3n) is 2.26. The molecule has 1 rings (SSSR count). The summed E-state index contributed by atoms with van der Waals surface area (Å²) in [5.41, 5.74) is 0. The topological polar surface area (TPSA) is 61.8 Å². The Kier molecular flexibility index (Phi) is 3.88. The van der Waals surface area contributed by atoms with E-state index in [1.54, 1.807) is 0 Å². The summed E-state index contributed by atoms with van der Waals surface area (Å²) in [4.78, 5) is 22.5. The molecular weight excluding hydrogens is 188 g/mol. The molecule has 5 heteroatoms. The molecule has 0 radical (unpaired) electrons. The van der Waals surface area contributed by atoms with Crippen molar-refractivity contribution < 1.29 is 23.8 Å². The van der Waals surface area contributed by atoms with Crippen molar-refractivity contribution in [1.82, 2.24) is 0 Å². The molecule has 80 valence electrons. The Bertz CT molecular complexity index is 201. The lowest BCUT2D eigenvalue weighted by Crippen LogP contribution is -2.41. The fourth-order valence-corrected chi connectivity index (χ4v) is 1.52. The van der Waals surface area contributed by atoms with Crippen LogP contribution in [0.15, 0.2) is 0 Å². The smallest absolute Gasteiger partial charge is 0.335 e.